The van der Waals surface area contributed by atoms with Gasteiger partial charge in [0.25, 0.3) is 6.47 Å². The van der Waals surface area contributed by atoms with Gasteiger partial charge in [0.15, 0.2) is 0 Å². The van der Waals surface area contributed by atoms with Crippen LogP contribution in [0.3, 0.4) is 0 Å². The fourth-order valence-electron chi connectivity index (χ4n) is 1.72. The number of fused-ring (bicyclic) bond motifs is 1. The summed E-state index contributed by atoms with van der Waals surface area (Å²) in [6, 6.07) is 7.66. The van der Waals surface area contributed by atoms with Crippen LogP contribution in [0.15, 0.2) is 30.5 Å². The van der Waals surface area contributed by atoms with Gasteiger partial charge in [-0.25, -0.2) is 0 Å². The third-order valence-corrected chi connectivity index (χ3v) is 3.03. The highest BCUT2D eigenvalue weighted by molar-refractivity contribution is 6.35. The molecule has 0 aliphatic rings. The molecule has 0 aliphatic heterocycles. The summed E-state index contributed by atoms with van der Waals surface area (Å²) >= 11 is 6.06. The van der Waals surface area contributed by atoms with Crippen molar-refractivity contribution in [1.82, 2.24) is 4.98 Å². The molecule has 0 spiro atoms. The standard InChI is InChI=1S/C13H12ClNO2/c1-9(7-17-8-16)10-2-3-11-12(14)4-5-15-13(11)6-10/h2-6,8-9H,7H2,1H3. The molecule has 1 atom stereocenters. The molecule has 0 aliphatic carbocycles. The number of carbonyl (C=O) groups excluding carboxylic acids is 1. The van der Waals surface area contributed by atoms with E-state index in [-0.39, 0.29) is 5.92 Å². The van der Waals surface area contributed by atoms with Gasteiger partial charge in [-0.2, -0.15) is 0 Å². The summed E-state index contributed by atoms with van der Waals surface area (Å²) in [6.07, 6.45) is 1.68. The van der Waals surface area contributed by atoms with Gasteiger partial charge in [0.2, 0.25) is 0 Å². The first-order valence-corrected chi connectivity index (χ1v) is 5.69. The maximum atomic E-state index is 10.1. The van der Waals surface area contributed by atoms with Crippen molar-refractivity contribution < 1.29 is 9.53 Å². The van der Waals surface area contributed by atoms with Gasteiger partial charge in [-0.1, -0.05) is 30.7 Å². The zero-order valence-corrected chi connectivity index (χ0v) is 10.1. The number of nitrogens with zero attached hydrogens (tertiary/aromatic N) is 1. The molecule has 2 aromatic rings. The summed E-state index contributed by atoms with van der Waals surface area (Å²) in [5.74, 6) is 0.144. The molecule has 0 amide bonds. The van der Waals surface area contributed by atoms with Crippen molar-refractivity contribution in [2.24, 2.45) is 0 Å². The van der Waals surface area contributed by atoms with Gasteiger partial charge in [0.1, 0.15) is 0 Å². The molecule has 3 nitrogen and oxygen atoms in total. The Balaban J connectivity index is 2.34. The molecular formula is C13H12ClNO2. The first-order valence-electron chi connectivity index (χ1n) is 5.32. The second kappa shape index (κ2) is 5.15. The lowest BCUT2D eigenvalue weighted by Crippen LogP contribution is -2.03. The Labute approximate surface area is 104 Å². The van der Waals surface area contributed by atoms with E-state index < -0.39 is 0 Å². The van der Waals surface area contributed by atoms with Crippen LogP contribution in [-0.4, -0.2) is 18.1 Å². The van der Waals surface area contributed by atoms with Crippen LogP contribution in [0.1, 0.15) is 18.4 Å². The van der Waals surface area contributed by atoms with Crippen molar-refractivity contribution >= 4 is 29.0 Å². The second-order valence-corrected chi connectivity index (χ2v) is 4.31. The van der Waals surface area contributed by atoms with Gasteiger partial charge in [-0.3, -0.25) is 9.78 Å². The van der Waals surface area contributed by atoms with Crippen molar-refractivity contribution in [1.29, 1.82) is 0 Å². The lowest BCUT2D eigenvalue weighted by molar-refractivity contribution is -0.129. The Bertz CT molecular complexity index is 542. The van der Waals surface area contributed by atoms with Gasteiger partial charge < -0.3 is 4.74 Å². The highest BCUT2D eigenvalue weighted by Crippen LogP contribution is 2.25. The molecule has 1 unspecified atom stereocenters. The van der Waals surface area contributed by atoms with E-state index in [0.717, 1.165) is 16.5 Å². The quantitative estimate of drug-likeness (QED) is 0.782. The first-order chi connectivity index (χ1) is 8.22. The molecule has 0 fully saturated rings. The molecule has 0 saturated carbocycles. The van der Waals surface area contributed by atoms with Crippen molar-refractivity contribution in [3.8, 4) is 0 Å². The molecule has 2 rings (SSSR count). The SMILES string of the molecule is CC(COC=O)c1ccc2c(Cl)ccnc2c1. The molecule has 1 aromatic carbocycles. The fourth-order valence-corrected chi connectivity index (χ4v) is 1.93. The zero-order valence-electron chi connectivity index (χ0n) is 9.39. The predicted octanol–water partition coefficient (Wildman–Crippen LogP) is 3.16. The average molecular weight is 250 g/mol. The lowest BCUT2D eigenvalue weighted by atomic mass is 10.0. The minimum atomic E-state index is 0.144. The normalized spacial score (nSPS) is 12.4. The van der Waals surface area contributed by atoms with Crippen LogP contribution < -0.4 is 0 Å². The number of halogens is 1. The number of rotatable bonds is 4. The van der Waals surface area contributed by atoms with Gasteiger partial charge >= 0.3 is 0 Å². The highest BCUT2D eigenvalue weighted by atomic mass is 35.5. The van der Waals surface area contributed by atoms with Crippen molar-refractivity contribution in [2.75, 3.05) is 6.61 Å². The molecular weight excluding hydrogens is 238 g/mol. The number of benzene rings is 1. The summed E-state index contributed by atoms with van der Waals surface area (Å²) < 4.78 is 4.76. The Morgan fingerprint density at radius 3 is 3.06 bits per heavy atom. The summed E-state index contributed by atoms with van der Waals surface area (Å²) in [4.78, 5) is 14.4. The van der Waals surface area contributed by atoms with Gasteiger partial charge in [0, 0.05) is 17.5 Å². The van der Waals surface area contributed by atoms with Crippen molar-refractivity contribution in [3.05, 3.63) is 41.0 Å². The Morgan fingerprint density at radius 1 is 1.47 bits per heavy atom. The van der Waals surface area contributed by atoms with E-state index in [2.05, 4.69) is 4.98 Å². The molecule has 0 radical (unpaired) electrons. The fraction of sp³-hybridized carbons (Fsp3) is 0.231. The van der Waals surface area contributed by atoms with E-state index in [9.17, 15) is 4.79 Å². The molecule has 0 N–H and O–H groups in total. The average Bonchev–Trinajstić information content (AvgIpc) is 2.36. The topological polar surface area (TPSA) is 39.2 Å². The van der Waals surface area contributed by atoms with E-state index in [1.165, 1.54) is 0 Å². The number of pyridine rings is 1. The molecule has 4 heteroatoms. The Hall–Kier alpha value is -1.61. The minimum absolute atomic E-state index is 0.144. The monoisotopic (exact) mass is 249 g/mol. The number of carbonyl (C=O) groups is 1. The summed E-state index contributed by atoms with van der Waals surface area (Å²) in [6.45, 7) is 2.83. The first kappa shape index (κ1) is 11.9. The Morgan fingerprint density at radius 2 is 2.29 bits per heavy atom. The molecule has 0 bridgehead atoms. The van der Waals surface area contributed by atoms with Crippen LogP contribution in [0.4, 0.5) is 0 Å². The van der Waals surface area contributed by atoms with E-state index in [1.807, 2.05) is 25.1 Å². The summed E-state index contributed by atoms with van der Waals surface area (Å²) in [7, 11) is 0. The van der Waals surface area contributed by atoms with Crippen molar-refractivity contribution in [2.45, 2.75) is 12.8 Å². The molecule has 1 aromatic heterocycles. The number of hydrogen-bond acceptors (Lipinski definition) is 3. The van der Waals surface area contributed by atoms with E-state index >= 15 is 0 Å². The largest absolute Gasteiger partial charge is 0.467 e. The summed E-state index contributed by atoms with van der Waals surface area (Å²) in [5, 5.41) is 1.62. The molecule has 1 heterocycles. The highest BCUT2D eigenvalue weighted by Gasteiger charge is 2.08. The van der Waals surface area contributed by atoms with Gasteiger partial charge in [0.05, 0.1) is 17.1 Å². The lowest BCUT2D eigenvalue weighted by Gasteiger charge is -2.11. The zero-order chi connectivity index (χ0) is 12.3. The van der Waals surface area contributed by atoms with Crippen LogP contribution in [0.2, 0.25) is 5.02 Å². The third kappa shape index (κ3) is 2.56. The van der Waals surface area contributed by atoms with Crippen LogP contribution in [0.5, 0.6) is 0 Å². The predicted molar refractivity (Wildman–Crippen MR) is 67.2 cm³/mol. The Kier molecular flexibility index (Phi) is 3.59. The van der Waals surface area contributed by atoms with Gasteiger partial charge in [-0.05, 0) is 17.7 Å². The maximum absolute atomic E-state index is 10.1. The molecule has 17 heavy (non-hydrogen) atoms. The van der Waals surface area contributed by atoms with Crippen molar-refractivity contribution in [3.63, 3.8) is 0 Å². The number of aromatic nitrogens is 1. The van der Waals surface area contributed by atoms with Crippen LogP contribution in [-0.2, 0) is 9.53 Å². The van der Waals surface area contributed by atoms with Crippen LogP contribution in [0.25, 0.3) is 10.9 Å². The van der Waals surface area contributed by atoms with Crippen LogP contribution in [0, 0.1) is 0 Å². The molecule has 88 valence electrons. The van der Waals surface area contributed by atoms with E-state index in [4.69, 9.17) is 16.3 Å². The maximum Gasteiger partial charge on any atom is 0.293 e. The number of hydrogen-bond donors (Lipinski definition) is 0. The smallest absolute Gasteiger partial charge is 0.293 e. The van der Waals surface area contributed by atoms with Crippen LogP contribution >= 0.6 is 11.6 Å². The van der Waals surface area contributed by atoms with E-state index in [1.54, 1.807) is 12.3 Å². The summed E-state index contributed by atoms with van der Waals surface area (Å²) in [5.41, 5.74) is 1.93. The second-order valence-electron chi connectivity index (χ2n) is 3.90. The van der Waals surface area contributed by atoms with Gasteiger partial charge in [-0.15, -0.1) is 0 Å². The number of ether oxygens (including phenoxy) is 1. The van der Waals surface area contributed by atoms with E-state index in [0.29, 0.717) is 18.1 Å². The third-order valence-electron chi connectivity index (χ3n) is 2.70. The molecule has 0 saturated heterocycles. The minimum Gasteiger partial charge on any atom is -0.467 e.